The SMILES string of the molecule is COc1cc2c(c(Br)c1OC)CN(CCCN1CCCCC1C)C2=O. The summed E-state index contributed by atoms with van der Waals surface area (Å²) in [7, 11) is 3.21. The number of halogens is 1. The van der Waals surface area contributed by atoms with Crippen molar-refractivity contribution in [1.82, 2.24) is 9.80 Å². The summed E-state index contributed by atoms with van der Waals surface area (Å²) < 4.78 is 11.6. The van der Waals surface area contributed by atoms with Gasteiger partial charge in [-0.05, 0) is 54.7 Å². The fourth-order valence-corrected chi connectivity index (χ4v) is 4.60. The fourth-order valence-electron chi connectivity index (χ4n) is 3.90. The summed E-state index contributed by atoms with van der Waals surface area (Å²) in [4.78, 5) is 17.2. The molecule has 0 N–H and O–H groups in total. The molecule has 0 aromatic heterocycles. The fraction of sp³-hybridized carbons (Fsp3) is 0.632. The molecule has 0 bridgehead atoms. The van der Waals surface area contributed by atoms with Crippen LogP contribution in [0.1, 0.15) is 48.5 Å². The van der Waals surface area contributed by atoms with Crippen LogP contribution < -0.4 is 9.47 Å². The third-order valence-electron chi connectivity index (χ3n) is 5.39. The number of methoxy groups -OCH3 is 2. The lowest BCUT2D eigenvalue weighted by atomic mass is 10.0. The zero-order chi connectivity index (χ0) is 18.0. The van der Waals surface area contributed by atoms with Crippen molar-refractivity contribution in [2.24, 2.45) is 0 Å². The number of hydrogen-bond donors (Lipinski definition) is 0. The van der Waals surface area contributed by atoms with Crippen molar-refractivity contribution in [3.63, 3.8) is 0 Å². The van der Waals surface area contributed by atoms with Crippen molar-refractivity contribution in [2.45, 2.75) is 45.2 Å². The second kappa shape index (κ2) is 7.96. The number of nitrogens with zero attached hydrogens (tertiary/aromatic N) is 2. The van der Waals surface area contributed by atoms with Gasteiger partial charge in [-0.25, -0.2) is 0 Å². The standard InChI is InChI=1S/C19H27BrN2O3/c1-13-7-4-5-8-21(13)9-6-10-22-12-15-14(19(22)23)11-16(24-2)18(25-3)17(15)20/h11,13H,4-10,12H2,1-3H3. The van der Waals surface area contributed by atoms with Crippen LogP contribution in [-0.2, 0) is 6.54 Å². The topological polar surface area (TPSA) is 42.0 Å². The molecule has 1 aromatic rings. The Balaban J connectivity index is 1.65. The monoisotopic (exact) mass is 410 g/mol. The zero-order valence-electron chi connectivity index (χ0n) is 15.3. The normalized spacial score (nSPS) is 20.7. The Hall–Kier alpha value is -1.27. The van der Waals surface area contributed by atoms with Gasteiger partial charge in [-0.15, -0.1) is 0 Å². The van der Waals surface area contributed by atoms with Crippen molar-refractivity contribution in [2.75, 3.05) is 33.9 Å². The van der Waals surface area contributed by atoms with Gasteiger partial charge in [0.15, 0.2) is 11.5 Å². The van der Waals surface area contributed by atoms with E-state index in [0.717, 1.165) is 35.1 Å². The number of hydrogen-bond acceptors (Lipinski definition) is 4. The number of benzene rings is 1. The predicted octanol–water partition coefficient (Wildman–Crippen LogP) is 3.69. The summed E-state index contributed by atoms with van der Waals surface area (Å²) in [5.41, 5.74) is 1.71. The van der Waals surface area contributed by atoms with Gasteiger partial charge in [0.05, 0.1) is 18.7 Å². The summed E-state index contributed by atoms with van der Waals surface area (Å²) in [6.07, 6.45) is 4.94. The summed E-state index contributed by atoms with van der Waals surface area (Å²) >= 11 is 3.59. The highest BCUT2D eigenvalue weighted by molar-refractivity contribution is 9.10. The Morgan fingerprint density at radius 3 is 2.72 bits per heavy atom. The molecule has 138 valence electrons. The Kier molecular flexibility index (Phi) is 5.89. The number of piperidine rings is 1. The minimum atomic E-state index is 0.0864. The molecule has 1 fully saturated rings. The average Bonchev–Trinajstić information content (AvgIpc) is 2.93. The minimum absolute atomic E-state index is 0.0864. The van der Waals surface area contributed by atoms with E-state index in [1.165, 1.54) is 25.8 Å². The van der Waals surface area contributed by atoms with Gasteiger partial charge in [-0.3, -0.25) is 4.79 Å². The van der Waals surface area contributed by atoms with Gasteiger partial charge >= 0.3 is 0 Å². The molecule has 1 unspecified atom stereocenters. The van der Waals surface area contributed by atoms with Gasteiger partial charge in [-0.2, -0.15) is 0 Å². The maximum atomic E-state index is 12.8. The maximum absolute atomic E-state index is 12.8. The van der Waals surface area contributed by atoms with Crippen LogP contribution in [0.5, 0.6) is 11.5 Å². The van der Waals surface area contributed by atoms with Crippen LogP contribution in [0.3, 0.4) is 0 Å². The average molecular weight is 411 g/mol. The van der Waals surface area contributed by atoms with Crippen LogP contribution in [-0.4, -0.2) is 55.6 Å². The molecule has 2 heterocycles. The molecule has 5 nitrogen and oxygen atoms in total. The molecule has 6 heteroatoms. The lowest BCUT2D eigenvalue weighted by Gasteiger charge is -2.33. The molecule has 1 aromatic carbocycles. The van der Waals surface area contributed by atoms with Crippen LogP contribution >= 0.6 is 15.9 Å². The molecule has 2 aliphatic rings. The van der Waals surface area contributed by atoms with Gasteiger partial charge in [-0.1, -0.05) is 6.42 Å². The Morgan fingerprint density at radius 1 is 1.24 bits per heavy atom. The number of carbonyl (C=O) groups excluding carboxylic acids is 1. The van der Waals surface area contributed by atoms with Gasteiger partial charge < -0.3 is 19.3 Å². The minimum Gasteiger partial charge on any atom is -0.493 e. The van der Waals surface area contributed by atoms with Crippen LogP contribution in [0.4, 0.5) is 0 Å². The quantitative estimate of drug-likeness (QED) is 0.716. The van der Waals surface area contributed by atoms with E-state index in [-0.39, 0.29) is 5.91 Å². The number of amides is 1. The van der Waals surface area contributed by atoms with E-state index in [9.17, 15) is 4.79 Å². The van der Waals surface area contributed by atoms with E-state index in [1.807, 2.05) is 4.90 Å². The number of fused-ring (bicyclic) bond motifs is 1. The molecule has 1 saturated heterocycles. The van der Waals surface area contributed by atoms with Gasteiger partial charge in [0.1, 0.15) is 0 Å². The summed E-state index contributed by atoms with van der Waals surface area (Å²) in [5, 5.41) is 0. The molecular weight excluding hydrogens is 384 g/mol. The summed E-state index contributed by atoms with van der Waals surface area (Å²) in [5.74, 6) is 1.33. The first-order valence-corrected chi connectivity index (χ1v) is 9.82. The third-order valence-corrected chi connectivity index (χ3v) is 6.23. The first-order valence-electron chi connectivity index (χ1n) is 9.03. The highest BCUT2D eigenvalue weighted by Crippen LogP contribution is 2.43. The molecule has 0 radical (unpaired) electrons. The predicted molar refractivity (Wildman–Crippen MR) is 101 cm³/mol. The van der Waals surface area contributed by atoms with E-state index in [1.54, 1.807) is 20.3 Å². The Labute approximate surface area is 158 Å². The first-order chi connectivity index (χ1) is 12.1. The second-order valence-corrected chi connectivity index (χ2v) is 7.71. The maximum Gasteiger partial charge on any atom is 0.254 e. The van der Waals surface area contributed by atoms with E-state index in [0.29, 0.717) is 24.1 Å². The Morgan fingerprint density at radius 2 is 2.04 bits per heavy atom. The molecule has 0 spiro atoms. The van der Waals surface area contributed by atoms with Crippen LogP contribution in [0.15, 0.2) is 10.5 Å². The molecule has 2 aliphatic heterocycles. The molecule has 0 saturated carbocycles. The van der Waals surface area contributed by atoms with Crippen LogP contribution in [0.2, 0.25) is 0 Å². The lowest BCUT2D eigenvalue weighted by molar-refractivity contribution is 0.0762. The number of carbonyl (C=O) groups is 1. The molecule has 3 rings (SSSR count). The van der Waals surface area contributed by atoms with E-state index >= 15 is 0 Å². The van der Waals surface area contributed by atoms with Crippen molar-refractivity contribution in [3.8, 4) is 11.5 Å². The van der Waals surface area contributed by atoms with Gasteiger partial charge in [0.2, 0.25) is 0 Å². The zero-order valence-corrected chi connectivity index (χ0v) is 16.9. The third kappa shape index (κ3) is 3.65. The van der Waals surface area contributed by atoms with E-state index < -0.39 is 0 Å². The van der Waals surface area contributed by atoms with Crippen molar-refractivity contribution in [3.05, 3.63) is 21.7 Å². The highest BCUT2D eigenvalue weighted by atomic mass is 79.9. The largest absolute Gasteiger partial charge is 0.493 e. The van der Waals surface area contributed by atoms with Crippen LogP contribution in [0.25, 0.3) is 0 Å². The smallest absolute Gasteiger partial charge is 0.254 e. The molecule has 1 atom stereocenters. The van der Waals surface area contributed by atoms with E-state index in [2.05, 4.69) is 27.8 Å². The lowest BCUT2D eigenvalue weighted by Crippen LogP contribution is -2.39. The van der Waals surface area contributed by atoms with Gasteiger partial charge in [0, 0.05) is 36.8 Å². The molecule has 0 aliphatic carbocycles. The van der Waals surface area contributed by atoms with Gasteiger partial charge in [0.25, 0.3) is 5.91 Å². The molecular formula is C19H27BrN2O3. The van der Waals surface area contributed by atoms with Crippen LogP contribution in [0, 0.1) is 0 Å². The number of rotatable bonds is 6. The summed E-state index contributed by atoms with van der Waals surface area (Å²) in [6, 6.07) is 2.47. The van der Waals surface area contributed by atoms with Crippen molar-refractivity contribution >= 4 is 21.8 Å². The second-order valence-electron chi connectivity index (χ2n) is 6.91. The Bertz CT molecular complexity index is 650. The van der Waals surface area contributed by atoms with Crippen molar-refractivity contribution < 1.29 is 14.3 Å². The molecule has 25 heavy (non-hydrogen) atoms. The summed E-state index contributed by atoms with van der Waals surface area (Å²) in [6.45, 7) is 5.98. The van der Waals surface area contributed by atoms with E-state index in [4.69, 9.17) is 9.47 Å². The molecule has 1 amide bonds. The number of ether oxygens (including phenoxy) is 2. The highest BCUT2D eigenvalue weighted by Gasteiger charge is 2.32. The van der Waals surface area contributed by atoms with Crippen molar-refractivity contribution in [1.29, 1.82) is 0 Å². The first kappa shape index (κ1) is 18.5. The number of likely N-dealkylation sites (tertiary alicyclic amines) is 1.